The van der Waals surface area contributed by atoms with Crippen LogP contribution in [0.1, 0.15) is 10.4 Å². The minimum Gasteiger partial charge on any atom is -0.481 e. The Hall–Kier alpha value is -4.48. The van der Waals surface area contributed by atoms with Crippen molar-refractivity contribution in [2.24, 2.45) is 11.1 Å². The lowest BCUT2D eigenvalue weighted by atomic mass is 9.96. The Kier molecular flexibility index (Phi) is 6.63. The maximum Gasteiger partial charge on any atom is 0.310 e. The quantitative estimate of drug-likeness (QED) is 0.136. The topological polar surface area (TPSA) is 112 Å². The molecule has 1 aliphatic rings. The zero-order chi connectivity index (χ0) is 28.9. The second-order valence-corrected chi connectivity index (χ2v) is 12.6. The van der Waals surface area contributed by atoms with E-state index in [1.807, 2.05) is 24.0 Å². The lowest BCUT2D eigenvalue weighted by Gasteiger charge is -2.38. The largest absolute Gasteiger partial charge is 0.481 e. The number of aryl methyl sites for hydroxylation is 1. The molecule has 41 heavy (non-hydrogen) atoms. The number of aliphatic carboxylic acids is 1. The molecule has 0 spiro atoms. The fourth-order valence-electron chi connectivity index (χ4n) is 5.21. The number of benzene rings is 3. The summed E-state index contributed by atoms with van der Waals surface area (Å²) in [6, 6.07) is 19.5. The molecule has 0 saturated carbocycles. The second-order valence-electron chi connectivity index (χ2n) is 9.90. The monoisotopic (exact) mass is 589 g/mol. The molecule has 0 atom stereocenters. The molecular weight excluding hydrogens is 565 g/mol. The van der Waals surface area contributed by atoms with Crippen molar-refractivity contribution in [1.82, 2.24) is 3.97 Å². The van der Waals surface area contributed by atoms with Crippen LogP contribution in [0.2, 0.25) is 0 Å². The number of aromatic nitrogens is 1. The van der Waals surface area contributed by atoms with Gasteiger partial charge in [-0.25, -0.2) is 16.8 Å². The number of hydrogen-bond acceptors (Lipinski definition) is 7. The molecule has 1 aliphatic heterocycles. The van der Waals surface area contributed by atoms with Crippen molar-refractivity contribution in [3.05, 3.63) is 94.4 Å². The van der Waals surface area contributed by atoms with Gasteiger partial charge in [0.25, 0.3) is 10.0 Å². The molecular formula is C30H24FN3O5S2. The summed E-state index contributed by atoms with van der Waals surface area (Å²) in [5, 5.41) is 24.0. The summed E-state index contributed by atoms with van der Waals surface area (Å²) >= 11 is 1.30. The van der Waals surface area contributed by atoms with Crippen LogP contribution in [-0.2, 0) is 14.8 Å². The van der Waals surface area contributed by atoms with E-state index in [9.17, 15) is 27.9 Å². The van der Waals surface area contributed by atoms with Crippen LogP contribution in [0.15, 0.2) is 88.2 Å². The summed E-state index contributed by atoms with van der Waals surface area (Å²) in [5.74, 6) is -1.87. The third-order valence-corrected chi connectivity index (χ3v) is 9.88. The van der Waals surface area contributed by atoms with Gasteiger partial charge in [0.1, 0.15) is 5.82 Å². The zero-order valence-corrected chi connectivity index (χ0v) is 23.4. The van der Waals surface area contributed by atoms with Crippen LogP contribution in [0, 0.1) is 18.7 Å². The lowest BCUT2D eigenvalue weighted by molar-refractivity contribution is -0.142. The average Bonchev–Trinajstić information content (AvgIpc) is 3.50. The van der Waals surface area contributed by atoms with E-state index < -0.39 is 27.7 Å². The number of carbonyl (C=O) groups is 1. The Labute approximate surface area is 239 Å². The van der Waals surface area contributed by atoms with Gasteiger partial charge < -0.3 is 15.2 Å². The number of fused-ring (bicyclic) bond motifs is 1. The third-order valence-electron chi connectivity index (χ3n) is 7.30. The Morgan fingerprint density at radius 1 is 1.07 bits per heavy atom. The van der Waals surface area contributed by atoms with Crippen LogP contribution in [0.5, 0.6) is 0 Å². The van der Waals surface area contributed by atoms with Gasteiger partial charge in [-0.1, -0.05) is 35.0 Å². The predicted octanol–water partition coefficient (Wildman–Crippen LogP) is 6.05. The van der Waals surface area contributed by atoms with Crippen molar-refractivity contribution < 1.29 is 27.9 Å². The van der Waals surface area contributed by atoms with Gasteiger partial charge in [-0.05, 0) is 60.8 Å². The van der Waals surface area contributed by atoms with E-state index in [1.165, 1.54) is 39.7 Å². The van der Waals surface area contributed by atoms with Gasteiger partial charge in [0.05, 0.1) is 33.1 Å². The highest BCUT2D eigenvalue weighted by Gasteiger charge is 2.34. The van der Waals surface area contributed by atoms with Crippen molar-refractivity contribution >= 4 is 50.1 Å². The van der Waals surface area contributed by atoms with Crippen LogP contribution in [-0.4, -0.2) is 48.0 Å². The summed E-state index contributed by atoms with van der Waals surface area (Å²) in [7, 11) is -4.19. The summed E-state index contributed by atoms with van der Waals surface area (Å²) in [6.45, 7) is 2.54. The highest BCUT2D eigenvalue weighted by atomic mass is 32.2. The number of carboxylic acids is 1. The van der Waals surface area contributed by atoms with Gasteiger partial charge in [0.2, 0.25) is 0 Å². The first-order chi connectivity index (χ1) is 19.7. The van der Waals surface area contributed by atoms with Crippen molar-refractivity contribution in [2.45, 2.75) is 11.8 Å². The Bertz CT molecular complexity index is 1940. The van der Waals surface area contributed by atoms with Crippen LogP contribution >= 0.6 is 11.3 Å². The van der Waals surface area contributed by atoms with Gasteiger partial charge in [-0.2, -0.15) is 0 Å². The molecule has 0 radical (unpaired) electrons. The molecule has 208 valence electrons. The summed E-state index contributed by atoms with van der Waals surface area (Å²) in [6.07, 6.45) is 1.27. The van der Waals surface area contributed by atoms with Crippen molar-refractivity contribution in [2.75, 3.05) is 18.0 Å². The van der Waals surface area contributed by atoms with Gasteiger partial charge in [0, 0.05) is 40.9 Å². The zero-order valence-electron chi connectivity index (χ0n) is 21.7. The van der Waals surface area contributed by atoms with E-state index in [2.05, 4.69) is 5.16 Å². The lowest BCUT2D eigenvalue weighted by Crippen LogP contribution is -2.50. The van der Waals surface area contributed by atoms with Crippen LogP contribution in [0.25, 0.3) is 33.3 Å². The number of rotatable bonds is 7. The fourth-order valence-corrected chi connectivity index (χ4v) is 7.51. The molecule has 2 aromatic heterocycles. The molecule has 11 heteroatoms. The van der Waals surface area contributed by atoms with E-state index in [4.69, 9.17) is 0 Å². The minimum atomic E-state index is -4.19. The SMILES string of the molecule is Cc1ccc(S(=O)(=O)n2c(-c3cccc(N4CC(C(=O)O)C4)c3)c(-c3ccsc3/C=N/O)c3cc(F)ccc32)cc1. The third kappa shape index (κ3) is 4.56. The van der Waals surface area contributed by atoms with Gasteiger partial charge in [-0.15, -0.1) is 11.3 Å². The van der Waals surface area contributed by atoms with Gasteiger partial charge in [-0.3, -0.25) is 4.79 Å². The van der Waals surface area contributed by atoms with Crippen molar-refractivity contribution in [1.29, 1.82) is 0 Å². The average molecular weight is 590 g/mol. The van der Waals surface area contributed by atoms with Crippen LogP contribution < -0.4 is 4.90 Å². The standard InChI is InChI=1S/C30H24FN3O5S2/c1-18-5-8-23(9-6-18)41(38,39)34-26-10-7-21(31)14-25(26)28(24-11-12-40-27(24)15-32-37)29(34)19-3-2-4-22(13-19)33-16-20(17-33)30(35)36/h2-15,20,37H,16-17H2,1H3,(H,35,36)/b32-15+. The number of nitrogens with zero attached hydrogens (tertiary/aromatic N) is 3. The molecule has 0 unspecified atom stereocenters. The number of hydrogen-bond donors (Lipinski definition) is 2. The van der Waals surface area contributed by atoms with E-state index in [0.717, 1.165) is 11.3 Å². The van der Waals surface area contributed by atoms with E-state index >= 15 is 0 Å². The number of thiophene rings is 1. The van der Waals surface area contributed by atoms with E-state index in [1.54, 1.807) is 47.8 Å². The number of carboxylic acid groups (broad SMARTS) is 1. The van der Waals surface area contributed by atoms with Gasteiger partial charge in [0.15, 0.2) is 0 Å². The first-order valence-electron chi connectivity index (χ1n) is 12.7. The molecule has 3 heterocycles. The Balaban J connectivity index is 1.68. The van der Waals surface area contributed by atoms with E-state index in [0.29, 0.717) is 45.7 Å². The molecule has 1 fully saturated rings. The fraction of sp³-hybridized carbons (Fsp3) is 0.133. The molecule has 5 aromatic rings. The molecule has 3 aromatic carbocycles. The van der Waals surface area contributed by atoms with Crippen molar-refractivity contribution in [3.8, 4) is 22.4 Å². The summed E-state index contributed by atoms with van der Waals surface area (Å²) in [5.41, 5.74) is 3.83. The minimum absolute atomic E-state index is 0.0720. The highest BCUT2D eigenvalue weighted by molar-refractivity contribution is 7.90. The number of anilines is 1. The van der Waals surface area contributed by atoms with Crippen molar-refractivity contribution in [3.63, 3.8) is 0 Å². The normalized spacial score (nSPS) is 14.1. The molecule has 6 rings (SSSR count). The Morgan fingerprint density at radius 2 is 1.83 bits per heavy atom. The predicted molar refractivity (Wildman–Crippen MR) is 157 cm³/mol. The number of halogens is 1. The molecule has 0 bridgehead atoms. The molecule has 0 aliphatic carbocycles. The van der Waals surface area contributed by atoms with E-state index in [-0.39, 0.29) is 10.4 Å². The first-order valence-corrected chi connectivity index (χ1v) is 15.0. The Morgan fingerprint density at radius 3 is 2.54 bits per heavy atom. The maximum atomic E-state index is 14.8. The van der Waals surface area contributed by atoms with Crippen LogP contribution in [0.3, 0.4) is 0 Å². The van der Waals surface area contributed by atoms with Crippen LogP contribution in [0.4, 0.5) is 10.1 Å². The first kappa shape index (κ1) is 26.7. The summed E-state index contributed by atoms with van der Waals surface area (Å²) < 4.78 is 44.7. The molecule has 0 amide bonds. The van der Waals surface area contributed by atoms with Gasteiger partial charge >= 0.3 is 5.97 Å². The molecule has 1 saturated heterocycles. The molecule has 8 nitrogen and oxygen atoms in total. The number of oxime groups is 1. The molecule has 2 N–H and O–H groups in total. The smallest absolute Gasteiger partial charge is 0.310 e. The maximum absolute atomic E-state index is 14.8. The highest BCUT2D eigenvalue weighted by Crippen LogP contribution is 2.45. The second kappa shape index (κ2) is 10.2. The summed E-state index contributed by atoms with van der Waals surface area (Å²) in [4.78, 5) is 13.9.